The summed E-state index contributed by atoms with van der Waals surface area (Å²) in [6.07, 6.45) is 5.05. The molecule has 0 aromatic carbocycles. The summed E-state index contributed by atoms with van der Waals surface area (Å²) in [5, 5.41) is 29.5. The van der Waals surface area contributed by atoms with E-state index in [4.69, 9.17) is 0 Å². The van der Waals surface area contributed by atoms with Gasteiger partial charge >= 0.3 is 11.9 Å². The van der Waals surface area contributed by atoms with Gasteiger partial charge in [0, 0.05) is 37.2 Å². The fraction of sp³-hybridized carbons (Fsp3) is 0.600. The second kappa shape index (κ2) is 13.2. The van der Waals surface area contributed by atoms with E-state index in [9.17, 15) is 29.7 Å². The zero-order valence-electron chi connectivity index (χ0n) is 20.1. The molecule has 1 heterocycles. The Morgan fingerprint density at radius 3 is 2.29 bits per heavy atom. The first-order valence-corrected chi connectivity index (χ1v) is 11.8. The molecule has 1 saturated carbocycles. The van der Waals surface area contributed by atoms with Crippen molar-refractivity contribution in [3.8, 4) is 0 Å². The zero-order valence-corrected chi connectivity index (χ0v) is 20.1. The summed E-state index contributed by atoms with van der Waals surface area (Å²) in [7, 11) is 0. The van der Waals surface area contributed by atoms with E-state index >= 15 is 0 Å². The Morgan fingerprint density at radius 1 is 1.09 bits per heavy atom. The number of hydrogen-bond donors (Lipinski definition) is 3. The molecule has 0 spiro atoms. The fourth-order valence-corrected chi connectivity index (χ4v) is 4.74. The van der Waals surface area contributed by atoms with Gasteiger partial charge in [-0.15, -0.1) is 0 Å². The van der Waals surface area contributed by atoms with Gasteiger partial charge in [0.15, 0.2) is 0 Å². The molecular formula is C25H37N3O6. The Balaban J connectivity index is 2.43. The van der Waals surface area contributed by atoms with E-state index in [0.717, 1.165) is 12.8 Å². The highest BCUT2D eigenvalue weighted by Gasteiger charge is 2.40. The third-order valence-electron chi connectivity index (χ3n) is 6.38. The van der Waals surface area contributed by atoms with Gasteiger partial charge in [0.05, 0.1) is 24.5 Å². The van der Waals surface area contributed by atoms with E-state index in [-0.39, 0.29) is 62.0 Å². The summed E-state index contributed by atoms with van der Waals surface area (Å²) in [5.41, 5.74) is 0.699. The van der Waals surface area contributed by atoms with Crippen LogP contribution in [0.1, 0.15) is 58.1 Å². The Hall–Kier alpha value is -2.78. The van der Waals surface area contributed by atoms with Crippen LogP contribution in [0.4, 0.5) is 0 Å². The van der Waals surface area contributed by atoms with Crippen molar-refractivity contribution in [1.82, 2.24) is 14.8 Å². The minimum Gasteiger partial charge on any atom is -0.512 e. The third kappa shape index (κ3) is 8.22. The van der Waals surface area contributed by atoms with E-state index in [1.165, 1.54) is 0 Å². The molecule has 2 unspecified atom stereocenters. The lowest BCUT2D eigenvalue weighted by Gasteiger charge is -2.46. The van der Waals surface area contributed by atoms with Crippen LogP contribution in [0.5, 0.6) is 0 Å². The number of carboxylic acid groups (broad SMARTS) is 2. The average Bonchev–Trinajstić information content (AvgIpc) is 2.77. The van der Waals surface area contributed by atoms with Crippen molar-refractivity contribution in [2.24, 2.45) is 5.92 Å². The maximum atomic E-state index is 12.5. The minimum absolute atomic E-state index is 0.00549. The number of aliphatic hydroxyl groups is 1. The number of pyridine rings is 1. The number of carboxylic acids is 2. The number of nitrogens with zero attached hydrogens (tertiary/aromatic N) is 3. The van der Waals surface area contributed by atoms with Gasteiger partial charge in [-0.1, -0.05) is 39.3 Å². The van der Waals surface area contributed by atoms with Crippen LogP contribution >= 0.6 is 0 Å². The zero-order chi connectivity index (χ0) is 25.3. The average molecular weight is 476 g/mol. The second-order valence-corrected chi connectivity index (χ2v) is 9.29. The molecule has 0 radical (unpaired) electrons. The normalized spacial score (nSPS) is 19.3. The summed E-state index contributed by atoms with van der Waals surface area (Å²) in [4.78, 5) is 44.3. The van der Waals surface area contributed by atoms with E-state index in [1.54, 1.807) is 31.0 Å². The number of Topliss-reactive ketones (excluding diaryl/α,β-unsaturated/α-hetero) is 1. The van der Waals surface area contributed by atoms with Crippen LogP contribution < -0.4 is 0 Å². The van der Waals surface area contributed by atoms with Crippen molar-refractivity contribution < 1.29 is 29.7 Å². The molecule has 1 aromatic rings. The van der Waals surface area contributed by atoms with Crippen LogP contribution in [-0.4, -0.2) is 79.0 Å². The molecule has 1 aromatic heterocycles. The van der Waals surface area contributed by atoms with Gasteiger partial charge in [-0.25, -0.2) is 0 Å². The van der Waals surface area contributed by atoms with Crippen molar-refractivity contribution in [3.63, 3.8) is 0 Å². The van der Waals surface area contributed by atoms with Crippen LogP contribution in [0.25, 0.3) is 0 Å². The van der Waals surface area contributed by atoms with Gasteiger partial charge in [0.2, 0.25) is 0 Å². The fourth-order valence-electron chi connectivity index (χ4n) is 4.74. The highest BCUT2D eigenvalue weighted by Crippen LogP contribution is 2.31. The first-order valence-electron chi connectivity index (χ1n) is 11.8. The van der Waals surface area contributed by atoms with Crippen LogP contribution in [0.3, 0.4) is 0 Å². The third-order valence-corrected chi connectivity index (χ3v) is 6.38. The van der Waals surface area contributed by atoms with Crippen molar-refractivity contribution in [2.75, 3.05) is 13.1 Å². The molecule has 1 aliphatic rings. The van der Waals surface area contributed by atoms with Crippen LogP contribution in [0, 0.1) is 5.92 Å². The van der Waals surface area contributed by atoms with Gasteiger partial charge in [-0.05, 0) is 31.4 Å². The van der Waals surface area contributed by atoms with E-state index in [0.29, 0.717) is 18.5 Å². The first-order chi connectivity index (χ1) is 16.1. The molecule has 1 aliphatic carbocycles. The van der Waals surface area contributed by atoms with Gasteiger partial charge in [-0.3, -0.25) is 29.2 Å². The summed E-state index contributed by atoms with van der Waals surface area (Å²) in [5.74, 6) is -2.36. The van der Waals surface area contributed by atoms with Crippen molar-refractivity contribution >= 4 is 17.7 Å². The van der Waals surface area contributed by atoms with Crippen molar-refractivity contribution in [3.05, 3.63) is 42.4 Å². The lowest BCUT2D eigenvalue weighted by atomic mass is 9.86. The molecule has 1 fully saturated rings. The van der Waals surface area contributed by atoms with Crippen LogP contribution in [-0.2, 0) is 20.9 Å². The van der Waals surface area contributed by atoms with Crippen LogP contribution in [0.15, 0.2) is 36.7 Å². The Labute approximate surface area is 201 Å². The molecule has 188 valence electrons. The maximum absolute atomic E-state index is 12.5. The molecule has 9 nitrogen and oxygen atoms in total. The number of aromatic nitrogens is 1. The lowest BCUT2D eigenvalue weighted by molar-refractivity contribution is -0.148. The molecule has 3 atom stereocenters. The number of carbonyl (C=O) groups excluding carboxylic acids is 1. The number of hydrogen-bond acceptors (Lipinski definition) is 7. The van der Waals surface area contributed by atoms with Gasteiger partial charge < -0.3 is 15.3 Å². The van der Waals surface area contributed by atoms with Crippen molar-refractivity contribution in [2.45, 2.75) is 77.0 Å². The molecule has 0 aliphatic heterocycles. The van der Waals surface area contributed by atoms with E-state index < -0.39 is 18.0 Å². The Kier molecular flexibility index (Phi) is 10.7. The molecule has 0 saturated heterocycles. The highest BCUT2D eigenvalue weighted by molar-refractivity contribution is 5.81. The largest absolute Gasteiger partial charge is 0.512 e. The van der Waals surface area contributed by atoms with Crippen LogP contribution in [0.2, 0.25) is 0 Å². The Morgan fingerprint density at radius 2 is 1.76 bits per heavy atom. The molecule has 34 heavy (non-hydrogen) atoms. The second-order valence-electron chi connectivity index (χ2n) is 9.29. The predicted molar refractivity (Wildman–Crippen MR) is 127 cm³/mol. The molecular weight excluding hydrogens is 438 g/mol. The molecule has 0 bridgehead atoms. The molecule has 0 amide bonds. The number of aliphatic carboxylic acids is 2. The van der Waals surface area contributed by atoms with Gasteiger partial charge in [-0.2, -0.15) is 0 Å². The molecule has 9 heteroatoms. The minimum atomic E-state index is -1.03. The summed E-state index contributed by atoms with van der Waals surface area (Å²) in [6.45, 7) is 7.09. The van der Waals surface area contributed by atoms with E-state index in [2.05, 4.69) is 11.6 Å². The molecule has 2 rings (SSSR count). The monoisotopic (exact) mass is 475 g/mol. The van der Waals surface area contributed by atoms with Crippen molar-refractivity contribution in [1.29, 1.82) is 0 Å². The van der Waals surface area contributed by atoms with Gasteiger partial charge in [0.25, 0.3) is 0 Å². The predicted octanol–water partition coefficient (Wildman–Crippen LogP) is 3.11. The standard InChI is InChI=1S/C25H37N3O6/c1-17(2)23(30)12-11-22(25(33)34)28(15-19-8-6-7-13-26-19)21-10-5-4-9-20(21)27(14-18(3)29)16-24(31)32/h6-8,13,17,20-22,29H,3-5,9-12,14-16H2,1-2H3,(H,31,32)(H,33,34)/t20?,21-,22?/m0/s1. The number of rotatable bonds is 14. The number of aliphatic hydroxyl groups excluding tert-OH is 1. The molecule has 3 N–H and O–H groups in total. The quantitative estimate of drug-likeness (QED) is 0.347. The number of ketones is 1. The summed E-state index contributed by atoms with van der Waals surface area (Å²) in [6, 6.07) is 3.94. The number of carbonyl (C=O) groups is 3. The van der Waals surface area contributed by atoms with Gasteiger partial charge in [0.1, 0.15) is 11.8 Å². The first kappa shape index (κ1) is 27.5. The summed E-state index contributed by atoms with van der Waals surface area (Å²) >= 11 is 0. The maximum Gasteiger partial charge on any atom is 0.320 e. The smallest absolute Gasteiger partial charge is 0.320 e. The Bertz CT molecular complexity index is 828. The topological polar surface area (TPSA) is 131 Å². The highest BCUT2D eigenvalue weighted by atomic mass is 16.4. The SMILES string of the molecule is C=C(O)CN(CC(=O)O)C1CCCC[C@@H]1N(Cc1ccccn1)C(CCC(=O)C(C)C)C(=O)O. The summed E-state index contributed by atoms with van der Waals surface area (Å²) < 4.78 is 0. The van der Waals surface area contributed by atoms with E-state index in [1.807, 2.05) is 17.0 Å². The lowest BCUT2D eigenvalue weighted by Crippen LogP contribution is -2.58.